The summed E-state index contributed by atoms with van der Waals surface area (Å²) in [6.07, 6.45) is 0.166. The molecule has 4 rings (SSSR count). The van der Waals surface area contributed by atoms with Gasteiger partial charge in [0.1, 0.15) is 6.04 Å². The van der Waals surface area contributed by atoms with Gasteiger partial charge in [0, 0.05) is 25.2 Å². The van der Waals surface area contributed by atoms with Crippen molar-refractivity contribution in [2.75, 3.05) is 18.7 Å². The van der Waals surface area contributed by atoms with E-state index in [-0.39, 0.29) is 19.0 Å². The number of hydrogen-bond acceptors (Lipinski definition) is 6. The van der Waals surface area contributed by atoms with Crippen LogP contribution in [-0.2, 0) is 27.0 Å². The van der Waals surface area contributed by atoms with Gasteiger partial charge in [0.15, 0.2) is 11.5 Å². The minimum Gasteiger partial charge on any atom is -0.454 e. The highest BCUT2D eigenvalue weighted by atomic mass is 32.2. The van der Waals surface area contributed by atoms with Crippen LogP contribution in [0.2, 0.25) is 0 Å². The maximum atomic E-state index is 13.4. The fraction of sp³-hybridized carbons (Fsp3) is 0.231. The van der Waals surface area contributed by atoms with E-state index in [0.29, 0.717) is 22.7 Å². The van der Waals surface area contributed by atoms with Crippen LogP contribution in [-0.4, -0.2) is 40.2 Å². The molecule has 3 amide bonds. The molecule has 0 aliphatic carbocycles. The van der Waals surface area contributed by atoms with Crippen LogP contribution in [0.15, 0.2) is 72.8 Å². The third-order valence-electron chi connectivity index (χ3n) is 5.82. The lowest BCUT2D eigenvalue weighted by Crippen LogP contribution is -2.52. The summed E-state index contributed by atoms with van der Waals surface area (Å²) in [5, 5.41) is 2.55. The summed E-state index contributed by atoms with van der Waals surface area (Å²) in [6, 6.07) is 19.3. The lowest BCUT2D eigenvalue weighted by atomic mass is 10.0. The molecule has 1 aliphatic rings. The van der Waals surface area contributed by atoms with E-state index in [9.17, 15) is 18.0 Å². The van der Waals surface area contributed by atoms with Gasteiger partial charge >= 0.3 is 6.03 Å². The Labute approximate surface area is 210 Å². The first-order valence-corrected chi connectivity index (χ1v) is 12.9. The number of ether oxygens (including phenoxy) is 2. The van der Waals surface area contributed by atoms with Gasteiger partial charge in [-0.1, -0.05) is 54.6 Å². The van der Waals surface area contributed by atoms with Gasteiger partial charge in [-0.15, -0.1) is 0 Å². The number of fused-ring (bicyclic) bond motifs is 1. The number of carbonyl (C=O) groups is 2. The van der Waals surface area contributed by atoms with Crippen molar-refractivity contribution in [1.82, 2.24) is 10.0 Å². The number of amides is 3. The highest BCUT2D eigenvalue weighted by molar-refractivity contribution is 7.89. The van der Waals surface area contributed by atoms with Crippen LogP contribution < -0.4 is 24.4 Å². The van der Waals surface area contributed by atoms with E-state index in [0.717, 1.165) is 11.1 Å². The van der Waals surface area contributed by atoms with Crippen LogP contribution >= 0.6 is 0 Å². The standard InChI is InChI=1S/C26H27N3O6S/c1-18-8-6-7-11-20(18)16-36(32,33)28-26(31)27-22(14-19-9-4-3-5-10-19)25(30)29(2)21-12-13-23-24(15-21)35-17-34-23/h3-13,15,22H,14,16-17H2,1-2H3,(H2,27,28,31)/t22-/m0/s1. The van der Waals surface area contributed by atoms with Crippen LogP contribution in [0.4, 0.5) is 10.5 Å². The highest BCUT2D eigenvalue weighted by Gasteiger charge is 2.28. The summed E-state index contributed by atoms with van der Waals surface area (Å²) >= 11 is 0. The fourth-order valence-corrected chi connectivity index (χ4v) is 4.99. The molecule has 9 nitrogen and oxygen atoms in total. The summed E-state index contributed by atoms with van der Waals surface area (Å²) in [4.78, 5) is 27.6. The minimum absolute atomic E-state index is 0.103. The van der Waals surface area contributed by atoms with Crippen molar-refractivity contribution >= 4 is 27.6 Å². The van der Waals surface area contributed by atoms with Crippen molar-refractivity contribution in [3.8, 4) is 11.5 Å². The molecule has 1 atom stereocenters. The molecule has 0 unspecified atom stereocenters. The average molecular weight is 510 g/mol. The first-order valence-electron chi connectivity index (χ1n) is 11.3. The number of carbonyl (C=O) groups excluding carboxylic acids is 2. The normalized spacial score (nSPS) is 13.1. The van der Waals surface area contributed by atoms with Crippen LogP contribution in [0.25, 0.3) is 0 Å². The first kappa shape index (κ1) is 25.1. The van der Waals surface area contributed by atoms with E-state index < -0.39 is 28.0 Å². The van der Waals surface area contributed by atoms with Crippen molar-refractivity contribution in [1.29, 1.82) is 0 Å². The number of urea groups is 1. The Bertz CT molecular complexity index is 1360. The smallest absolute Gasteiger partial charge is 0.329 e. The van der Waals surface area contributed by atoms with E-state index in [1.807, 2.05) is 41.1 Å². The molecule has 3 aromatic rings. The van der Waals surface area contributed by atoms with Crippen LogP contribution in [0.1, 0.15) is 16.7 Å². The SMILES string of the molecule is Cc1ccccc1CS(=O)(=O)NC(=O)N[C@@H](Cc1ccccc1)C(=O)N(C)c1ccc2c(c1)OCO2. The van der Waals surface area contributed by atoms with Gasteiger partial charge in [-0.2, -0.15) is 0 Å². The summed E-state index contributed by atoms with van der Waals surface area (Å²) in [6.45, 7) is 1.90. The molecule has 0 aromatic heterocycles. The monoisotopic (exact) mass is 509 g/mol. The molecule has 36 heavy (non-hydrogen) atoms. The van der Waals surface area contributed by atoms with Gasteiger partial charge in [-0.3, -0.25) is 4.79 Å². The number of nitrogens with one attached hydrogen (secondary N) is 2. The number of rotatable bonds is 8. The van der Waals surface area contributed by atoms with Crippen LogP contribution in [0, 0.1) is 6.92 Å². The van der Waals surface area contributed by atoms with Gasteiger partial charge < -0.3 is 19.7 Å². The lowest BCUT2D eigenvalue weighted by Gasteiger charge is -2.25. The van der Waals surface area contributed by atoms with Crippen molar-refractivity contribution in [2.24, 2.45) is 0 Å². The zero-order valence-corrected chi connectivity index (χ0v) is 20.7. The largest absolute Gasteiger partial charge is 0.454 e. The third kappa shape index (κ3) is 6.14. The quantitative estimate of drug-likeness (QED) is 0.482. The summed E-state index contributed by atoms with van der Waals surface area (Å²) in [5.74, 6) is 0.308. The number of sulfonamides is 1. The highest BCUT2D eigenvalue weighted by Crippen LogP contribution is 2.35. The van der Waals surface area contributed by atoms with Gasteiger partial charge in [-0.25, -0.2) is 17.9 Å². The Morgan fingerprint density at radius 1 is 0.972 bits per heavy atom. The van der Waals surface area contributed by atoms with E-state index in [1.54, 1.807) is 50.4 Å². The van der Waals surface area contributed by atoms with Gasteiger partial charge in [0.05, 0.1) is 5.75 Å². The Morgan fingerprint density at radius 2 is 1.67 bits per heavy atom. The molecule has 2 N–H and O–H groups in total. The molecule has 1 aliphatic heterocycles. The molecule has 0 saturated carbocycles. The number of hydrogen-bond donors (Lipinski definition) is 2. The molecule has 1 heterocycles. The summed E-state index contributed by atoms with van der Waals surface area (Å²) in [5.41, 5.74) is 2.72. The third-order valence-corrected chi connectivity index (χ3v) is 7.00. The molecular weight excluding hydrogens is 482 g/mol. The maximum absolute atomic E-state index is 13.4. The Hall–Kier alpha value is -4.05. The second-order valence-corrected chi connectivity index (χ2v) is 10.2. The zero-order chi connectivity index (χ0) is 25.7. The number of anilines is 1. The molecule has 0 spiro atoms. The number of aryl methyl sites for hydroxylation is 1. The minimum atomic E-state index is -4.00. The lowest BCUT2D eigenvalue weighted by molar-refractivity contribution is -0.120. The molecule has 0 bridgehead atoms. The molecule has 10 heteroatoms. The van der Waals surface area contributed by atoms with Crippen molar-refractivity contribution in [3.63, 3.8) is 0 Å². The van der Waals surface area contributed by atoms with E-state index in [1.165, 1.54) is 4.90 Å². The summed E-state index contributed by atoms with van der Waals surface area (Å²) < 4.78 is 38.0. The van der Waals surface area contributed by atoms with E-state index in [4.69, 9.17) is 9.47 Å². The van der Waals surface area contributed by atoms with Crippen LogP contribution in [0.5, 0.6) is 11.5 Å². The first-order chi connectivity index (χ1) is 17.2. The Balaban J connectivity index is 1.50. The van der Waals surface area contributed by atoms with Crippen molar-refractivity contribution in [3.05, 3.63) is 89.5 Å². The topological polar surface area (TPSA) is 114 Å². The average Bonchev–Trinajstić information content (AvgIpc) is 3.32. The Kier molecular flexibility index (Phi) is 7.44. The van der Waals surface area contributed by atoms with Crippen molar-refractivity contribution in [2.45, 2.75) is 25.1 Å². The molecule has 0 saturated heterocycles. The number of likely N-dealkylation sites (N-methyl/N-ethyl adjacent to an activating group) is 1. The second kappa shape index (κ2) is 10.7. The van der Waals surface area contributed by atoms with Gasteiger partial charge in [-0.05, 0) is 35.7 Å². The predicted molar refractivity (Wildman–Crippen MR) is 135 cm³/mol. The predicted octanol–water partition coefficient (Wildman–Crippen LogP) is 3.13. The summed E-state index contributed by atoms with van der Waals surface area (Å²) in [7, 11) is -2.42. The zero-order valence-electron chi connectivity index (χ0n) is 19.9. The van der Waals surface area contributed by atoms with E-state index >= 15 is 0 Å². The maximum Gasteiger partial charge on any atom is 0.329 e. The molecule has 0 radical (unpaired) electrons. The number of benzene rings is 3. The molecular formula is C26H27N3O6S. The van der Waals surface area contributed by atoms with Gasteiger partial charge in [0.2, 0.25) is 22.7 Å². The molecule has 3 aromatic carbocycles. The van der Waals surface area contributed by atoms with Crippen LogP contribution in [0.3, 0.4) is 0 Å². The van der Waals surface area contributed by atoms with E-state index in [2.05, 4.69) is 5.32 Å². The molecule has 188 valence electrons. The van der Waals surface area contributed by atoms with Gasteiger partial charge in [0.25, 0.3) is 0 Å². The second-order valence-electron chi connectivity index (χ2n) is 8.44. The van der Waals surface area contributed by atoms with Crippen molar-refractivity contribution < 1.29 is 27.5 Å². The fourth-order valence-electron chi connectivity index (χ4n) is 3.85. The molecule has 0 fully saturated rings. The Morgan fingerprint density at radius 3 is 2.42 bits per heavy atom. The number of nitrogens with zero attached hydrogens (tertiary/aromatic N) is 1.